The van der Waals surface area contributed by atoms with Gasteiger partial charge in [-0.15, -0.1) is 0 Å². The van der Waals surface area contributed by atoms with E-state index in [4.69, 9.17) is 9.47 Å². The summed E-state index contributed by atoms with van der Waals surface area (Å²) in [6, 6.07) is 18.4. The molecule has 0 fully saturated rings. The van der Waals surface area contributed by atoms with Gasteiger partial charge in [0.05, 0.1) is 14.2 Å². The normalized spacial score (nSPS) is 13.9. The molecule has 36 heavy (non-hydrogen) atoms. The Morgan fingerprint density at radius 3 is 2.67 bits per heavy atom. The molecule has 1 atom stereocenters. The molecule has 1 aromatic heterocycles. The van der Waals surface area contributed by atoms with Crippen LogP contribution in [0.4, 0.5) is 0 Å². The Labute approximate surface area is 213 Å². The maximum Gasteiger partial charge on any atom is 0.244 e. The summed E-state index contributed by atoms with van der Waals surface area (Å²) < 4.78 is 10.9. The lowest BCUT2D eigenvalue weighted by Crippen LogP contribution is -2.31. The lowest BCUT2D eigenvalue weighted by molar-refractivity contribution is -0.117. The van der Waals surface area contributed by atoms with Crippen molar-refractivity contribution >= 4 is 11.5 Å². The Kier molecular flexibility index (Phi) is 8.56. The largest absolute Gasteiger partial charge is 0.497 e. The fourth-order valence-electron chi connectivity index (χ4n) is 4.70. The molecule has 1 amide bonds. The van der Waals surface area contributed by atoms with Crippen LogP contribution in [0.3, 0.4) is 0 Å². The summed E-state index contributed by atoms with van der Waals surface area (Å²) in [6.07, 6.45) is 12.0. The van der Waals surface area contributed by atoms with Crippen molar-refractivity contribution < 1.29 is 14.3 Å². The average Bonchev–Trinajstić information content (AvgIpc) is 2.91. The maximum atomic E-state index is 12.7. The van der Waals surface area contributed by atoms with Gasteiger partial charge in [-0.1, -0.05) is 30.3 Å². The zero-order valence-electron chi connectivity index (χ0n) is 21.3. The first-order chi connectivity index (χ1) is 17.6. The number of fused-ring (bicyclic) bond motifs is 1. The number of hydrogen-bond donors (Lipinski definition) is 1. The highest BCUT2D eigenvalue weighted by Crippen LogP contribution is 2.39. The number of aromatic nitrogens is 1. The number of allylic oxidation sites excluding steroid dienone is 2. The average molecular weight is 483 g/mol. The Morgan fingerprint density at radius 1 is 1.06 bits per heavy atom. The van der Waals surface area contributed by atoms with E-state index >= 15 is 0 Å². The van der Waals surface area contributed by atoms with E-state index in [-0.39, 0.29) is 11.9 Å². The first-order valence-electron chi connectivity index (χ1n) is 12.5. The second-order valence-corrected chi connectivity index (χ2v) is 9.15. The lowest BCUT2D eigenvalue weighted by atomic mass is 9.82. The monoisotopic (exact) mass is 482 g/mol. The predicted octanol–water partition coefficient (Wildman–Crippen LogP) is 5.93. The molecule has 0 bridgehead atoms. The lowest BCUT2D eigenvalue weighted by Gasteiger charge is -2.23. The number of ether oxygens (including phenoxy) is 2. The Balaban J connectivity index is 1.50. The van der Waals surface area contributed by atoms with Gasteiger partial charge >= 0.3 is 0 Å². The minimum Gasteiger partial charge on any atom is -0.497 e. The summed E-state index contributed by atoms with van der Waals surface area (Å²) in [5, 5.41) is 3.11. The predicted molar refractivity (Wildman–Crippen MR) is 144 cm³/mol. The highest BCUT2D eigenvalue weighted by atomic mass is 16.5. The van der Waals surface area contributed by atoms with Crippen LogP contribution in [0.25, 0.3) is 5.57 Å². The van der Waals surface area contributed by atoms with Crippen LogP contribution in [0.2, 0.25) is 0 Å². The number of amides is 1. The molecule has 0 unspecified atom stereocenters. The Bertz CT molecular complexity index is 1250. The van der Waals surface area contributed by atoms with Crippen LogP contribution in [0.15, 0.2) is 84.7 Å². The van der Waals surface area contributed by atoms with Crippen LogP contribution in [0.1, 0.15) is 48.4 Å². The molecule has 1 aliphatic rings. The molecule has 3 aromatic rings. The summed E-state index contributed by atoms with van der Waals surface area (Å²) in [5.41, 5.74) is 6.98. The van der Waals surface area contributed by atoms with Crippen LogP contribution >= 0.6 is 0 Å². The van der Waals surface area contributed by atoms with E-state index in [9.17, 15) is 4.79 Å². The minimum atomic E-state index is -0.0677. The molecule has 0 spiro atoms. The van der Waals surface area contributed by atoms with Gasteiger partial charge in [-0.2, -0.15) is 0 Å². The number of benzene rings is 2. The van der Waals surface area contributed by atoms with Crippen molar-refractivity contribution in [1.82, 2.24) is 10.3 Å². The molecule has 0 aliphatic heterocycles. The molecule has 0 saturated heterocycles. The van der Waals surface area contributed by atoms with Crippen molar-refractivity contribution in [2.45, 2.75) is 45.1 Å². The SMILES string of the molecule is COc1cccc(C2=C(C=CC(=O)N[C@H](C)CCCc3cccnc3)CCc3cc(OC)ccc32)c1. The number of nitrogens with zero attached hydrogens (tertiary/aromatic N) is 1. The Hall–Kier alpha value is -3.86. The summed E-state index contributed by atoms with van der Waals surface area (Å²) in [4.78, 5) is 16.9. The van der Waals surface area contributed by atoms with E-state index in [1.807, 2.05) is 42.6 Å². The van der Waals surface area contributed by atoms with E-state index < -0.39 is 0 Å². The zero-order valence-corrected chi connectivity index (χ0v) is 21.3. The van der Waals surface area contributed by atoms with Crippen molar-refractivity contribution in [3.8, 4) is 11.5 Å². The molecule has 186 valence electrons. The summed E-state index contributed by atoms with van der Waals surface area (Å²) in [5.74, 6) is 1.60. The number of hydrogen-bond acceptors (Lipinski definition) is 4. The van der Waals surface area contributed by atoms with E-state index in [2.05, 4.69) is 41.5 Å². The first-order valence-corrected chi connectivity index (χ1v) is 12.5. The fraction of sp³-hybridized carbons (Fsp3) is 0.290. The molecule has 1 heterocycles. The smallest absolute Gasteiger partial charge is 0.244 e. The second kappa shape index (κ2) is 12.2. The van der Waals surface area contributed by atoms with Gasteiger partial charge in [0.25, 0.3) is 0 Å². The number of nitrogens with one attached hydrogen (secondary N) is 1. The number of carbonyl (C=O) groups excluding carboxylic acids is 1. The van der Waals surface area contributed by atoms with Gasteiger partial charge in [0.2, 0.25) is 5.91 Å². The van der Waals surface area contributed by atoms with E-state index in [1.165, 1.54) is 16.7 Å². The first kappa shape index (κ1) is 25.2. The highest BCUT2D eigenvalue weighted by molar-refractivity contribution is 5.91. The van der Waals surface area contributed by atoms with Crippen molar-refractivity contribution in [1.29, 1.82) is 0 Å². The molecule has 4 rings (SSSR count). The van der Waals surface area contributed by atoms with Crippen LogP contribution in [0, 0.1) is 0 Å². The standard InChI is InChI=1S/C31H34N2O3/c1-22(7-4-8-23-9-6-18-32-21-23)33-30(34)17-14-24-12-13-25-19-28(36-3)15-16-29(25)31(24)26-10-5-11-27(20-26)35-2/h5-6,9-11,14-22H,4,7-8,12-13H2,1-3H3,(H,33,34)/t22-/m1/s1. The van der Waals surface area contributed by atoms with Crippen molar-refractivity contribution in [2.24, 2.45) is 0 Å². The van der Waals surface area contributed by atoms with Crippen LogP contribution in [-0.4, -0.2) is 31.2 Å². The van der Waals surface area contributed by atoms with Crippen LogP contribution in [-0.2, 0) is 17.6 Å². The number of pyridine rings is 1. The molecule has 2 aromatic carbocycles. The second-order valence-electron chi connectivity index (χ2n) is 9.15. The van der Waals surface area contributed by atoms with Gasteiger partial charge in [0, 0.05) is 24.5 Å². The third kappa shape index (κ3) is 6.42. The molecule has 5 heteroatoms. The molecule has 1 N–H and O–H groups in total. The van der Waals surface area contributed by atoms with E-state index in [0.717, 1.165) is 60.3 Å². The minimum absolute atomic E-state index is 0.0677. The van der Waals surface area contributed by atoms with Crippen LogP contribution in [0.5, 0.6) is 11.5 Å². The molecule has 0 radical (unpaired) electrons. The van der Waals surface area contributed by atoms with E-state index in [0.29, 0.717) is 0 Å². The van der Waals surface area contributed by atoms with Crippen molar-refractivity contribution in [3.63, 3.8) is 0 Å². The molecular weight excluding hydrogens is 448 g/mol. The van der Waals surface area contributed by atoms with Gasteiger partial charge in [0.1, 0.15) is 11.5 Å². The maximum absolute atomic E-state index is 12.7. The molecule has 1 aliphatic carbocycles. The number of methoxy groups -OCH3 is 2. The van der Waals surface area contributed by atoms with Gasteiger partial charge < -0.3 is 14.8 Å². The van der Waals surface area contributed by atoms with Crippen LogP contribution < -0.4 is 14.8 Å². The summed E-state index contributed by atoms with van der Waals surface area (Å²) in [7, 11) is 3.37. The topological polar surface area (TPSA) is 60.5 Å². The van der Waals surface area contributed by atoms with Gasteiger partial charge in [-0.05, 0) is 103 Å². The third-order valence-corrected chi connectivity index (χ3v) is 6.57. The van der Waals surface area contributed by atoms with Gasteiger partial charge in [-0.25, -0.2) is 0 Å². The Morgan fingerprint density at radius 2 is 1.89 bits per heavy atom. The number of carbonyl (C=O) groups is 1. The quantitative estimate of drug-likeness (QED) is 0.364. The number of aryl methyl sites for hydroxylation is 2. The fourth-order valence-corrected chi connectivity index (χ4v) is 4.70. The third-order valence-electron chi connectivity index (χ3n) is 6.57. The highest BCUT2D eigenvalue weighted by Gasteiger charge is 2.20. The van der Waals surface area contributed by atoms with Crippen molar-refractivity contribution in [3.05, 3.63) is 107 Å². The summed E-state index contributed by atoms with van der Waals surface area (Å²) >= 11 is 0. The molecule has 5 nitrogen and oxygen atoms in total. The number of rotatable bonds is 10. The van der Waals surface area contributed by atoms with Crippen molar-refractivity contribution in [2.75, 3.05) is 14.2 Å². The van der Waals surface area contributed by atoms with Gasteiger partial charge in [-0.3, -0.25) is 9.78 Å². The molecule has 0 saturated carbocycles. The summed E-state index contributed by atoms with van der Waals surface area (Å²) in [6.45, 7) is 2.06. The zero-order chi connectivity index (χ0) is 25.3. The van der Waals surface area contributed by atoms with E-state index in [1.54, 1.807) is 26.5 Å². The van der Waals surface area contributed by atoms with Gasteiger partial charge in [0.15, 0.2) is 0 Å². The molecular formula is C31H34N2O3.